The zero-order valence-electron chi connectivity index (χ0n) is 13.1. The van der Waals surface area contributed by atoms with Gasteiger partial charge in [-0.15, -0.1) is 10.9 Å². The first-order valence-corrected chi connectivity index (χ1v) is 9.49. The lowest BCUT2D eigenvalue weighted by Crippen LogP contribution is -2.07. The zero-order valence-corrected chi connectivity index (χ0v) is 14.0. The molecule has 118 valence electrons. The molecule has 0 saturated heterocycles. The highest BCUT2D eigenvalue weighted by atomic mass is 32.2. The topological polar surface area (TPSA) is 29.4 Å². The fourth-order valence-electron chi connectivity index (χ4n) is 2.85. The van der Waals surface area contributed by atoms with Crippen LogP contribution in [-0.4, -0.2) is 10.7 Å². The number of fused-ring (bicyclic) bond motifs is 1. The molecule has 0 fully saturated rings. The Morgan fingerprint density at radius 3 is 2.21 bits per heavy atom. The van der Waals surface area contributed by atoms with E-state index in [-0.39, 0.29) is 5.12 Å². The van der Waals surface area contributed by atoms with E-state index >= 15 is 0 Å². The van der Waals surface area contributed by atoms with E-state index in [9.17, 15) is 4.79 Å². The number of thiol groups is 1. The normalized spacial score (nSPS) is 17.5. The van der Waals surface area contributed by atoms with E-state index < -0.39 is 10.9 Å². The summed E-state index contributed by atoms with van der Waals surface area (Å²) < 4.78 is 0. The zero-order chi connectivity index (χ0) is 16.4. The fraction of sp³-hybridized carbons (Fsp3) is 0.0476. The molecular weight excluding hydrogens is 314 g/mol. The van der Waals surface area contributed by atoms with Gasteiger partial charge in [-0.05, 0) is 28.8 Å². The van der Waals surface area contributed by atoms with E-state index in [0.29, 0.717) is 0 Å². The van der Waals surface area contributed by atoms with Gasteiger partial charge in [0.1, 0.15) is 0 Å². The monoisotopic (exact) mass is 331 g/mol. The van der Waals surface area contributed by atoms with Crippen molar-refractivity contribution in [3.63, 3.8) is 0 Å². The van der Waals surface area contributed by atoms with Crippen molar-refractivity contribution in [1.82, 2.24) is 0 Å². The van der Waals surface area contributed by atoms with Crippen molar-refractivity contribution in [3.8, 4) is 11.1 Å². The van der Waals surface area contributed by atoms with Crippen LogP contribution in [0.4, 0.5) is 5.69 Å². The van der Waals surface area contributed by atoms with Crippen molar-refractivity contribution in [2.24, 2.45) is 4.99 Å². The Bertz CT molecular complexity index is 901. The molecule has 0 aliphatic carbocycles. The molecule has 24 heavy (non-hydrogen) atoms. The molecule has 0 N–H and O–H groups in total. The number of benzene rings is 3. The van der Waals surface area contributed by atoms with E-state index in [1.807, 2.05) is 48.0 Å². The van der Waals surface area contributed by atoms with Crippen LogP contribution < -0.4 is 0 Å². The van der Waals surface area contributed by atoms with Crippen LogP contribution in [0.2, 0.25) is 0 Å². The molecule has 3 aromatic rings. The highest BCUT2D eigenvalue weighted by molar-refractivity contribution is 8.39. The van der Waals surface area contributed by atoms with Crippen LogP contribution in [0.3, 0.4) is 0 Å². The van der Waals surface area contributed by atoms with E-state index in [1.54, 1.807) is 0 Å². The molecule has 0 saturated carbocycles. The van der Waals surface area contributed by atoms with E-state index in [2.05, 4.69) is 41.4 Å². The Labute approximate surface area is 144 Å². The maximum atomic E-state index is 12.6. The largest absolute Gasteiger partial charge is 0.283 e. The van der Waals surface area contributed by atoms with E-state index in [1.165, 1.54) is 16.7 Å². The van der Waals surface area contributed by atoms with Crippen LogP contribution in [0.1, 0.15) is 15.9 Å². The molecule has 0 spiro atoms. The van der Waals surface area contributed by atoms with Gasteiger partial charge in [0.05, 0.1) is 11.3 Å². The second-order valence-electron chi connectivity index (χ2n) is 5.76. The third-order valence-electron chi connectivity index (χ3n) is 4.15. The lowest BCUT2D eigenvalue weighted by Gasteiger charge is -2.20. The standard InChI is InChI=1S/C21H17NOS/c23-21-19-8-4-5-9-20(19)22-15-24(21)14-16-10-12-18(13-11-16)17-6-2-1-3-7-17/h1-13,15,24H,14H2. The Hall–Kier alpha value is -2.65. The number of nitrogens with zero attached hydrogens (tertiary/aromatic N) is 1. The van der Waals surface area contributed by atoms with Crippen LogP contribution in [0, 0.1) is 0 Å². The first-order valence-electron chi connectivity index (χ1n) is 7.90. The van der Waals surface area contributed by atoms with Crippen molar-refractivity contribution < 1.29 is 4.79 Å². The minimum atomic E-state index is -0.890. The second-order valence-corrected chi connectivity index (χ2v) is 7.65. The summed E-state index contributed by atoms with van der Waals surface area (Å²) >= 11 is 0. The number of hydrogen-bond donors (Lipinski definition) is 1. The van der Waals surface area contributed by atoms with Gasteiger partial charge in [0.2, 0.25) is 5.12 Å². The molecule has 0 amide bonds. The number of para-hydroxylation sites is 1. The van der Waals surface area contributed by atoms with Gasteiger partial charge in [-0.25, -0.2) is 0 Å². The molecular formula is C21H17NOS. The highest BCUT2D eigenvalue weighted by Gasteiger charge is 2.21. The maximum absolute atomic E-state index is 12.6. The van der Waals surface area contributed by atoms with Crippen LogP contribution in [0.25, 0.3) is 11.1 Å². The lowest BCUT2D eigenvalue weighted by molar-refractivity contribution is 0.108. The summed E-state index contributed by atoms with van der Waals surface area (Å²) in [4.78, 5) is 17.1. The van der Waals surface area contributed by atoms with Gasteiger partial charge < -0.3 is 0 Å². The van der Waals surface area contributed by atoms with Crippen LogP contribution in [0.15, 0.2) is 83.9 Å². The average molecular weight is 331 g/mol. The minimum Gasteiger partial charge on any atom is -0.283 e. The molecule has 3 heteroatoms. The van der Waals surface area contributed by atoms with Crippen LogP contribution >= 0.6 is 10.9 Å². The summed E-state index contributed by atoms with van der Waals surface area (Å²) in [5.74, 6) is 0.751. The van der Waals surface area contributed by atoms with Gasteiger partial charge in [0, 0.05) is 11.3 Å². The van der Waals surface area contributed by atoms with Crippen molar-refractivity contribution in [3.05, 3.63) is 90.0 Å². The highest BCUT2D eigenvalue weighted by Crippen LogP contribution is 2.39. The van der Waals surface area contributed by atoms with Gasteiger partial charge in [0.15, 0.2) is 0 Å². The first kappa shape index (κ1) is 14.9. The molecule has 3 aromatic carbocycles. The Morgan fingerprint density at radius 1 is 0.750 bits per heavy atom. The Kier molecular flexibility index (Phi) is 4.01. The van der Waals surface area contributed by atoms with Gasteiger partial charge in [-0.2, -0.15) is 0 Å². The molecule has 1 unspecified atom stereocenters. The number of hydrogen-bond acceptors (Lipinski definition) is 2. The van der Waals surface area contributed by atoms with Crippen molar-refractivity contribution in [1.29, 1.82) is 0 Å². The summed E-state index contributed by atoms with van der Waals surface area (Å²) in [6, 6.07) is 26.4. The van der Waals surface area contributed by atoms with Crippen LogP contribution in [0.5, 0.6) is 0 Å². The van der Waals surface area contributed by atoms with E-state index in [0.717, 1.165) is 17.0 Å². The van der Waals surface area contributed by atoms with Crippen LogP contribution in [-0.2, 0) is 5.75 Å². The maximum Gasteiger partial charge on any atom is 0.207 e. The van der Waals surface area contributed by atoms with Crippen molar-refractivity contribution in [2.75, 3.05) is 0 Å². The minimum absolute atomic E-state index is 0.225. The molecule has 1 aliphatic rings. The quantitative estimate of drug-likeness (QED) is 0.642. The molecule has 0 bridgehead atoms. The third-order valence-corrected chi connectivity index (χ3v) is 6.01. The summed E-state index contributed by atoms with van der Waals surface area (Å²) in [5, 5.41) is 0.225. The van der Waals surface area contributed by atoms with Crippen molar-refractivity contribution >= 4 is 27.2 Å². The van der Waals surface area contributed by atoms with Gasteiger partial charge in [0.25, 0.3) is 0 Å². The molecule has 2 nitrogen and oxygen atoms in total. The first-order chi connectivity index (χ1) is 11.8. The lowest BCUT2D eigenvalue weighted by atomic mass is 10.0. The number of carbonyl (C=O) groups excluding carboxylic acids is 1. The van der Waals surface area contributed by atoms with Gasteiger partial charge in [-0.1, -0.05) is 66.7 Å². The molecule has 1 aliphatic heterocycles. The Morgan fingerprint density at radius 2 is 1.42 bits per heavy atom. The third kappa shape index (κ3) is 2.91. The summed E-state index contributed by atoms with van der Waals surface area (Å²) in [5.41, 5.74) is 6.98. The molecule has 1 atom stereocenters. The van der Waals surface area contributed by atoms with E-state index in [4.69, 9.17) is 0 Å². The second kappa shape index (κ2) is 6.46. The molecule has 0 radical (unpaired) electrons. The smallest absolute Gasteiger partial charge is 0.207 e. The predicted octanol–water partition coefficient (Wildman–Crippen LogP) is 5.37. The fourth-order valence-corrected chi connectivity index (χ4v) is 4.55. The number of carbonyl (C=O) groups is 1. The predicted molar refractivity (Wildman–Crippen MR) is 103 cm³/mol. The summed E-state index contributed by atoms with van der Waals surface area (Å²) in [6.45, 7) is 0. The number of aliphatic imine (C=N–C) groups is 1. The molecule has 0 aromatic heterocycles. The average Bonchev–Trinajstić information content (AvgIpc) is 2.66. The van der Waals surface area contributed by atoms with Gasteiger partial charge >= 0.3 is 0 Å². The molecule has 1 heterocycles. The van der Waals surface area contributed by atoms with Crippen molar-refractivity contribution in [2.45, 2.75) is 5.75 Å². The molecule has 4 rings (SSSR count). The SMILES string of the molecule is O=C1c2ccccc2N=C[SH]1Cc1ccc(-c2ccccc2)cc1. The Balaban J connectivity index is 1.53. The summed E-state index contributed by atoms with van der Waals surface area (Å²) in [7, 11) is -0.890. The van der Waals surface area contributed by atoms with Gasteiger partial charge in [-0.3, -0.25) is 9.79 Å². The summed E-state index contributed by atoms with van der Waals surface area (Å²) in [6.07, 6.45) is 0. The number of rotatable bonds is 3.